The number of aliphatic carboxylic acids is 1. The van der Waals surface area contributed by atoms with Crippen LogP contribution in [0.25, 0.3) is 0 Å². The smallest absolute Gasteiger partial charge is 0.329 e. The Morgan fingerprint density at radius 2 is 2.13 bits per heavy atom. The first-order valence-electron chi connectivity index (χ1n) is 8.90. The quantitative estimate of drug-likeness (QED) is 0.416. The fourth-order valence-electron chi connectivity index (χ4n) is 2.83. The Labute approximate surface area is 139 Å². The first-order valence-corrected chi connectivity index (χ1v) is 8.90. The van der Waals surface area contributed by atoms with Gasteiger partial charge in [-0.3, -0.25) is 4.79 Å². The molecule has 1 rings (SSSR count). The fourth-order valence-corrected chi connectivity index (χ4v) is 2.83. The van der Waals surface area contributed by atoms with E-state index in [1.54, 1.807) is 0 Å². The normalized spacial score (nSPS) is 18.2. The van der Waals surface area contributed by atoms with Gasteiger partial charge < -0.3 is 14.7 Å². The molecule has 1 atom stereocenters. The van der Waals surface area contributed by atoms with Gasteiger partial charge in [0.05, 0.1) is 6.04 Å². The van der Waals surface area contributed by atoms with Crippen LogP contribution in [0.4, 0.5) is 0 Å². The van der Waals surface area contributed by atoms with Gasteiger partial charge in [0.2, 0.25) is 5.91 Å². The Bertz CT molecular complexity index is 381. The second-order valence-corrected chi connectivity index (χ2v) is 6.12. The zero-order valence-electron chi connectivity index (χ0n) is 14.3. The summed E-state index contributed by atoms with van der Waals surface area (Å²) < 4.78 is 5.01. The van der Waals surface area contributed by atoms with Crippen molar-refractivity contribution in [2.45, 2.75) is 70.8 Å². The molecular formula is C18H31NO4. The molecule has 0 aliphatic carbocycles. The van der Waals surface area contributed by atoms with E-state index in [-0.39, 0.29) is 18.6 Å². The number of unbranched alkanes of at least 4 members (excludes halogenated alkanes) is 5. The van der Waals surface area contributed by atoms with Crippen LogP contribution in [0.1, 0.15) is 64.7 Å². The second kappa shape index (κ2) is 12.1. The topological polar surface area (TPSA) is 66.8 Å². The number of rotatable bonds is 13. The van der Waals surface area contributed by atoms with Crippen LogP contribution < -0.4 is 0 Å². The Balaban J connectivity index is 2.19. The highest BCUT2D eigenvalue weighted by molar-refractivity contribution is 5.79. The molecule has 23 heavy (non-hydrogen) atoms. The van der Waals surface area contributed by atoms with Crippen molar-refractivity contribution in [2.24, 2.45) is 0 Å². The maximum Gasteiger partial charge on any atom is 0.329 e. The number of likely N-dealkylation sites (tertiary alicyclic amines) is 1. The second-order valence-electron chi connectivity index (χ2n) is 6.12. The number of hydrogen-bond donors (Lipinski definition) is 1. The maximum atomic E-state index is 12.0. The molecule has 1 amide bonds. The highest BCUT2D eigenvalue weighted by atomic mass is 16.5. The maximum absolute atomic E-state index is 12.0. The summed E-state index contributed by atoms with van der Waals surface area (Å²) in [5.74, 6) is -0.707. The first kappa shape index (κ1) is 19.7. The third-order valence-corrected chi connectivity index (χ3v) is 4.12. The lowest BCUT2D eigenvalue weighted by Crippen LogP contribution is -2.32. The zero-order chi connectivity index (χ0) is 16.9. The van der Waals surface area contributed by atoms with Crippen LogP contribution in [0.15, 0.2) is 12.2 Å². The summed E-state index contributed by atoms with van der Waals surface area (Å²) in [6.07, 6.45) is 13.8. The molecule has 0 aromatic heterocycles. The third kappa shape index (κ3) is 8.74. The van der Waals surface area contributed by atoms with E-state index in [1.807, 2.05) is 4.90 Å². The van der Waals surface area contributed by atoms with Crippen LogP contribution in [-0.2, 0) is 14.3 Å². The molecule has 1 fully saturated rings. The van der Waals surface area contributed by atoms with E-state index in [4.69, 9.17) is 9.84 Å². The molecule has 0 aromatic rings. The minimum absolute atomic E-state index is 0.233. The van der Waals surface area contributed by atoms with E-state index in [2.05, 4.69) is 19.1 Å². The number of carbonyl (C=O) groups excluding carboxylic acids is 1. The van der Waals surface area contributed by atoms with Crippen molar-refractivity contribution in [3.8, 4) is 0 Å². The zero-order valence-corrected chi connectivity index (χ0v) is 14.3. The molecule has 1 saturated heterocycles. The van der Waals surface area contributed by atoms with Gasteiger partial charge in [0.25, 0.3) is 0 Å². The van der Waals surface area contributed by atoms with Crippen molar-refractivity contribution < 1.29 is 19.4 Å². The number of carbonyl (C=O) groups is 2. The summed E-state index contributed by atoms with van der Waals surface area (Å²) in [7, 11) is 0. The van der Waals surface area contributed by atoms with Crippen LogP contribution >= 0.6 is 0 Å². The molecule has 0 saturated carbocycles. The van der Waals surface area contributed by atoms with Crippen LogP contribution in [0.5, 0.6) is 0 Å². The molecule has 1 heterocycles. The van der Waals surface area contributed by atoms with Gasteiger partial charge in [-0.05, 0) is 32.1 Å². The van der Waals surface area contributed by atoms with Crippen molar-refractivity contribution >= 4 is 11.9 Å². The molecule has 0 spiro atoms. The third-order valence-electron chi connectivity index (χ3n) is 4.12. The van der Waals surface area contributed by atoms with Crippen LogP contribution in [0.2, 0.25) is 0 Å². The molecule has 1 unspecified atom stereocenters. The Hall–Kier alpha value is -1.36. The summed E-state index contributed by atoms with van der Waals surface area (Å²) >= 11 is 0. The van der Waals surface area contributed by atoms with Gasteiger partial charge in [0.15, 0.2) is 0 Å². The summed E-state index contributed by atoms with van der Waals surface area (Å²) in [5, 5.41) is 8.48. The Kier molecular flexibility index (Phi) is 10.4. The van der Waals surface area contributed by atoms with E-state index in [1.165, 1.54) is 25.7 Å². The highest BCUT2D eigenvalue weighted by Crippen LogP contribution is 2.20. The summed E-state index contributed by atoms with van der Waals surface area (Å²) in [5.41, 5.74) is 0. The van der Waals surface area contributed by atoms with Crippen molar-refractivity contribution in [1.82, 2.24) is 4.90 Å². The monoisotopic (exact) mass is 325 g/mol. The number of carboxylic acids is 1. The van der Waals surface area contributed by atoms with Crippen molar-refractivity contribution in [2.75, 3.05) is 19.8 Å². The molecule has 1 aliphatic heterocycles. The standard InChI is InChI=1S/C18H31NO4/c1-2-3-4-5-6-7-10-16-11-12-17(20)19(16)13-8-9-14-23-15-18(21)22/h7,10,16H,2-6,8-9,11-15H2,1H3,(H,21,22)/b10-7+. The number of nitrogens with zero attached hydrogens (tertiary/aromatic N) is 1. The molecule has 132 valence electrons. The van der Waals surface area contributed by atoms with E-state index < -0.39 is 5.97 Å². The molecule has 5 nitrogen and oxygen atoms in total. The van der Waals surface area contributed by atoms with E-state index in [9.17, 15) is 9.59 Å². The molecule has 0 aromatic carbocycles. The van der Waals surface area contributed by atoms with Crippen LogP contribution in [-0.4, -0.2) is 47.7 Å². The number of ether oxygens (including phenoxy) is 1. The predicted octanol–water partition coefficient (Wildman–Crippen LogP) is 3.39. The van der Waals surface area contributed by atoms with Gasteiger partial charge >= 0.3 is 5.97 Å². The van der Waals surface area contributed by atoms with Gasteiger partial charge in [0, 0.05) is 19.6 Å². The number of carboxylic acid groups (broad SMARTS) is 1. The van der Waals surface area contributed by atoms with E-state index >= 15 is 0 Å². The van der Waals surface area contributed by atoms with Gasteiger partial charge in [-0.25, -0.2) is 4.79 Å². The van der Waals surface area contributed by atoms with Crippen molar-refractivity contribution in [3.05, 3.63) is 12.2 Å². The largest absolute Gasteiger partial charge is 0.480 e. The van der Waals surface area contributed by atoms with E-state index in [0.29, 0.717) is 13.0 Å². The van der Waals surface area contributed by atoms with Gasteiger partial charge in [-0.1, -0.05) is 38.3 Å². The average Bonchev–Trinajstić information content (AvgIpc) is 2.86. The lowest BCUT2D eigenvalue weighted by atomic mass is 10.1. The SMILES string of the molecule is CCCCCC/C=C/C1CCC(=O)N1CCCCOCC(=O)O. The van der Waals surface area contributed by atoms with Gasteiger partial charge in [-0.2, -0.15) is 0 Å². The van der Waals surface area contributed by atoms with Crippen molar-refractivity contribution in [3.63, 3.8) is 0 Å². The minimum Gasteiger partial charge on any atom is -0.480 e. The van der Waals surface area contributed by atoms with Gasteiger partial charge in [-0.15, -0.1) is 0 Å². The Morgan fingerprint density at radius 1 is 1.30 bits per heavy atom. The van der Waals surface area contributed by atoms with Crippen LogP contribution in [0, 0.1) is 0 Å². The molecule has 1 aliphatic rings. The highest BCUT2D eigenvalue weighted by Gasteiger charge is 2.28. The lowest BCUT2D eigenvalue weighted by Gasteiger charge is -2.22. The molecular weight excluding hydrogens is 294 g/mol. The summed E-state index contributed by atoms with van der Waals surface area (Å²) in [6, 6.07) is 0.244. The Morgan fingerprint density at radius 3 is 2.87 bits per heavy atom. The summed E-state index contributed by atoms with van der Waals surface area (Å²) in [6.45, 7) is 3.14. The fraction of sp³-hybridized carbons (Fsp3) is 0.778. The molecule has 5 heteroatoms. The molecule has 0 radical (unpaired) electrons. The number of hydrogen-bond acceptors (Lipinski definition) is 3. The summed E-state index contributed by atoms with van der Waals surface area (Å²) in [4.78, 5) is 24.2. The van der Waals surface area contributed by atoms with Crippen molar-refractivity contribution in [1.29, 1.82) is 0 Å². The number of amides is 1. The lowest BCUT2D eigenvalue weighted by molar-refractivity contribution is -0.142. The molecule has 0 bridgehead atoms. The van der Waals surface area contributed by atoms with E-state index in [0.717, 1.165) is 32.2 Å². The molecule has 1 N–H and O–H groups in total. The minimum atomic E-state index is -0.941. The van der Waals surface area contributed by atoms with Crippen LogP contribution in [0.3, 0.4) is 0 Å². The average molecular weight is 325 g/mol. The number of allylic oxidation sites excluding steroid dienone is 1. The predicted molar refractivity (Wildman–Crippen MR) is 90.3 cm³/mol. The first-order chi connectivity index (χ1) is 11.1. The van der Waals surface area contributed by atoms with Gasteiger partial charge in [0.1, 0.15) is 6.61 Å².